The van der Waals surface area contributed by atoms with Gasteiger partial charge in [0.25, 0.3) is 0 Å². The third kappa shape index (κ3) is 6.89. The molecule has 3 aromatic rings. The Morgan fingerprint density at radius 3 is 2.57 bits per heavy atom. The molecule has 0 saturated heterocycles. The Morgan fingerprint density at radius 1 is 1.29 bits per heavy atom. The van der Waals surface area contributed by atoms with E-state index in [1.807, 2.05) is 61.7 Å². The van der Waals surface area contributed by atoms with Crippen LogP contribution in [0.5, 0.6) is 0 Å². The maximum Gasteiger partial charge on any atom is 0 e. The fraction of sp³-hybridized carbons (Fsp3) is 0.200. The monoisotopic (exact) mass is 682 g/mol. The standard InChI is InChI=1S/C18H14F2N2S.C2H6.V.W.Y/c1-13-7-8-15(23(2)11-18(19)20)9-17(13)22-10-14-5-3-4-6-16(14)21-12-22;1-2;;;/h3-7,9,12H,2,11H2,1H3;1-2H3;;;/q-2;;;;. The molecule has 2 nitrogen and oxygen atoms in total. The number of benzene rings is 2. The second-order valence-corrected chi connectivity index (χ2v) is 7.67. The van der Waals surface area contributed by atoms with Crippen LogP contribution in [0.3, 0.4) is 0 Å². The first-order valence-corrected chi connectivity index (χ1v) is 10.4. The molecule has 0 bridgehead atoms. The number of para-hydroxylation sites is 1. The summed E-state index contributed by atoms with van der Waals surface area (Å²) in [4.78, 5) is 5.18. The molecule has 1 heterocycles. The normalized spacial score (nSPS) is 11.0. The summed E-state index contributed by atoms with van der Waals surface area (Å²) in [5.74, 6) is 3.53. The molecule has 1 aromatic heterocycles. The van der Waals surface area contributed by atoms with Gasteiger partial charge in [-0.2, -0.15) is 0 Å². The molecule has 1 radical (unpaired) electrons. The Labute approximate surface area is 216 Å². The van der Waals surface area contributed by atoms with Gasteiger partial charge in [-0.3, -0.25) is 0 Å². The molecule has 0 saturated carbocycles. The fourth-order valence-corrected chi connectivity index (χ4v) is 3.89. The van der Waals surface area contributed by atoms with Gasteiger partial charge in [-0.1, -0.05) is 13.8 Å². The largest absolute Gasteiger partial charge is 0.0683 e. The molecule has 0 fully saturated rings. The summed E-state index contributed by atoms with van der Waals surface area (Å²) in [5, 5.41) is 1.03. The Balaban J connectivity index is 0.00000177. The van der Waals surface area contributed by atoms with Crippen LogP contribution >= 0.6 is 10.5 Å². The maximum absolute atomic E-state index is 12.6. The first-order chi connectivity index (χ1) is 12.5. The molecule has 28 heavy (non-hydrogen) atoms. The average molecular weight is 682 g/mol. The van der Waals surface area contributed by atoms with Crippen LogP contribution in [0.4, 0.5) is 8.78 Å². The number of aryl methyl sites for hydroxylation is 1. The van der Waals surface area contributed by atoms with E-state index in [4.69, 9.17) is 0 Å². The number of rotatable bonds is 4. The molecule has 0 spiro atoms. The maximum atomic E-state index is 12.6. The second kappa shape index (κ2) is 13.5. The van der Waals surface area contributed by atoms with Crippen molar-refractivity contribution in [1.29, 1.82) is 0 Å². The van der Waals surface area contributed by atoms with Gasteiger partial charge in [-0.05, 0) is 0 Å². The SMILES string of the molecule is C=S(C[C-](F)F)c1[c-]cc(C)c(-n2cnc3ccccc3[c]2=[V])c1.CC.[W].[Y]. The van der Waals surface area contributed by atoms with Crippen molar-refractivity contribution in [2.24, 2.45) is 0 Å². The van der Waals surface area contributed by atoms with Crippen molar-refractivity contribution >= 4 is 27.3 Å². The van der Waals surface area contributed by atoms with Gasteiger partial charge in [0.15, 0.2) is 0 Å². The van der Waals surface area contributed by atoms with Crippen LogP contribution in [-0.4, -0.2) is 21.2 Å². The quantitative estimate of drug-likeness (QED) is 0.255. The molecule has 1 unspecified atom stereocenters. The third-order valence-corrected chi connectivity index (χ3v) is 5.78. The molecule has 0 amide bonds. The van der Waals surface area contributed by atoms with Crippen molar-refractivity contribution in [2.75, 3.05) is 5.75 Å². The molecular formula is C20H20F2N2SVWY-2. The van der Waals surface area contributed by atoms with Crippen molar-refractivity contribution in [2.45, 2.75) is 25.7 Å². The number of hydrogen-bond acceptors (Lipinski definition) is 1. The van der Waals surface area contributed by atoms with E-state index >= 15 is 0 Å². The van der Waals surface area contributed by atoms with Crippen molar-refractivity contribution in [1.82, 2.24) is 9.55 Å². The average Bonchev–Trinajstić information content (AvgIpc) is 2.64. The molecule has 0 aliphatic heterocycles. The third-order valence-electron chi connectivity index (χ3n) is 3.64. The van der Waals surface area contributed by atoms with Crippen LogP contribution in [0, 0.1) is 23.4 Å². The Kier molecular flexibility index (Phi) is 13.6. The number of fused-ring (bicyclic) bond motifs is 1. The molecule has 1 atom stereocenters. The summed E-state index contributed by atoms with van der Waals surface area (Å²) in [6.45, 7) is 5.97. The number of hydrogen-bond donors (Lipinski definition) is 0. The van der Waals surface area contributed by atoms with E-state index in [1.165, 1.54) is 0 Å². The fourth-order valence-electron chi connectivity index (χ4n) is 2.42. The molecule has 0 aliphatic rings. The van der Waals surface area contributed by atoms with E-state index in [2.05, 4.69) is 33.9 Å². The van der Waals surface area contributed by atoms with Crippen molar-refractivity contribution < 1.29 is 79.5 Å². The minimum absolute atomic E-state index is 0. The van der Waals surface area contributed by atoms with E-state index < -0.39 is 16.9 Å². The molecule has 0 aliphatic carbocycles. The van der Waals surface area contributed by atoms with Gasteiger partial charge in [-0.15, -0.1) is 0 Å². The predicted molar refractivity (Wildman–Crippen MR) is 103 cm³/mol. The van der Waals surface area contributed by atoms with Gasteiger partial charge in [0, 0.05) is 53.8 Å². The molecular weight excluding hydrogens is 662 g/mol. The summed E-state index contributed by atoms with van der Waals surface area (Å²) in [7, 11) is -0.821. The number of halogens is 2. The topological polar surface area (TPSA) is 17.8 Å². The van der Waals surface area contributed by atoms with Crippen LogP contribution in [0.25, 0.3) is 16.6 Å². The molecule has 0 N–H and O–H groups in total. The summed E-state index contributed by atoms with van der Waals surface area (Å²) in [5.41, 5.74) is 2.81. The van der Waals surface area contributed by atoms with Gasteiger partial charge in [0.05, 0.1) is 0 Å². The van der Waals surface area contributed by atoms with E-state index in [0.29, 0.717) is 4.90 Å². The van der Waals surface area contributed by atoms with Crippen LogP contribution in [0.2, 0.25) is 0 Å². The zero-order chi connectivity index (χ0) is 19.3. The summed E-state index contributed by atoms with van der Waals surface area (Å²) in [6.07, 6.45) is 0.155. The van der Waals surface area contributed by atoms with Gasteiger partial charge in [-0.25, -0.2) is 0 Å². The van der Waals surface area contributed by atoms with Crippen molar-refractivity contribution in [3.63, 3.8) is 0 Å². The Morgan fingerprint density at radius 2 is 1.93 bits per heavy atom. The van der Waals surface area contributed by atoms with E-state index in [0.717, 1.165) is 26.2 Å². The first kappa shape index (κ1) is 28.2. The first-order valence-electron chi connectivity index (χ1n) is 8.16. The molecule has 2 aromatic carbocycles. The molecule has 8 heteroatoms. The molecule has 146 valence electrons. The van der Waals surface area contributed by atoms with E-state index in [9.17, 15) is 8.78 Å². The number of nitrogens with zero attached hydrogens (tertiary/aromatic N) is 2. The van der Waals surface area contributed by atoms with E-state index in [-0.39, 0.29) is 59.5 Å². The van der Waals surface area contributed by atoms with Crippen LogP contribution < -0.4 is 0 Å². The van der Waals surface area contributed by atoms with Gasteiger partial charge < -0.3 is 0 Å². The predicted octanol–water partition coefficient (Wildman–Crippen LogP) is 5.72. The van der Waals surface area contributed by atoms with Gasteiger partial charge >= 0.3 is 151 Å². The smallest absolute Gasteiger partial charge is 0 e. The number of aromatic nitrogens is 2. The minimum Gasteiger partial charge on any atom is -0.0683 e. The minimum atomic E-state index is -1.60. The Hall–Kier alpha value is 0.237. The Bertz CT molecular complexity index is 995. The van der Waals surface area contributed by atoms with Gasteiger partial charge in [0.2, 0.25) is 0 Å². The van der Waals surface area contributed by atoms with Gasteiger partial charge in [0.1, 0.15) is 0 Å². The zero-order valence-corrected chi connectivity index (χ0v) is 23.9. The molecule has 3 rings (SSSR count). The van der Waals surface area contributed by atoms with Crippen LogP contribution in [-0.2, 0) is 70.8 Å². The van der Waals surface area contributed by atoms with E-state index in [1.54, 1.807) is 6.33 Å². The second-order valence-electron chi connectivity index (χ2n) is 5.30. The summed E-state index contributed by atoms with van der Waals surface area (Å²) >= 11 is 2.56. The zero-order valence-electron chi connectivity index (χ0n) is 15.9. The van der Waals surface area contributed by atoms with Crippen LogP contribution in [0.1, 0.15) is 19.4 Å². The summed E-state index contributed by atoms with van der Waals surface area (Å²) < 4.78 is 28.1. The van der Waals surface area contributed by atoms with Crippen LogP contribution in [0.15, 0.2) is 47.6 Å². The van der Waals surface area contributed by atoms with Crippen molar-refractivity contribution in [3.05, 3.63) is 64.8 Å². The summed E-state index contributed by atoms with van der Waals surface area (Å²) in [6, 6.07) is 14.7. The van der Waals surface area contributed by atoms with Crippen molar-refractivity contribution in [3.8, 4) is 5.69 Å².